The molecule has 1 aliphatic carbocycles. The van der Waals surface area contributed by atoms with Crippen LogP contribution in [0.1, 0.15) is 50.6 Å². The number of nitrogens with zero attached hydrogens (tertiary/aromatic N) is 2. The molecule has 0 radical (unpaired) electrons. The van der Waals surface area contributed by atoms with Crippen LogP contribution < -0.4 is 5.73 Å². The number of hydrogen-bond acceptors (Lipinski definition) is 4. The van der Waals surface area contributed by atoms with Crippen LogP contribution in [0.2, 0.25) is 0 Å². The fourth-order valence-corrected chi connectivity index (χ4v) is 4.99. The lowest BCUT2D eigenvalue weighted by molar-refractivity contribution is -0.000733. The molecule has 2 atom stereocenters. The van der Waals surface area contributed by atoms with E-state index in [9.17, 15) is 0 Å². The van der Waals surface area contributed by atoms with Crippen molar-refractivity contribution < 1.29 is 0 Å². The Morgan fingerprint density at radius 2 is 2.15 bits per heavy atom. The van der Waals surface area contributed by atoms with Crippen molar-refractivity contribution in [2.45, 2.75) is 59.0 Å². The fraction of sp³-hybridized carbons (Fsp3) is 0.812. The smallest absolute Gasteiger partial charge is 0.0798 e. The van der Waals surface area contributed by atoms with Gasteiger partial charge in [0.1, 0.15) is 0 Å². The zero-order valence-corrected chi connectivity index (χ0v) is 14.4. The minimum atomic E-state index is 0.137. The van der Waals surface area contributed by atoms with E-state index in [1.165, 1.54) is 24.1 Å². The van der Waals surface area contributed by atoms with Crippen LogP contribution in [0.3, 0.4) is 0 Å². The summed E-state index contributed by atoms with van der Waals surface area (Å²) in [5, 5.41) is 0. The highest BCUT2D eigenvalue weighted by Gasteiger charge is 2.44. The lowest BCUT2D eigenvalue weighted by Gasteiger charge is -2.52. The Morgan fingerprint density at radius 1 is 1.45 bits per heavy atom. The van der Waals surface area contributed by atoms with E-state index in [0.29, 0.717) is 5.41 Å². The predicted molar refractivity (Wildman–Crippen MR) is 86.9 cm³/mol. The van der Waals surface area contributed by atoms with E-state index in [0.717, 1.165) is 24.7 Å². The van der Waals surface area contributed by atoms with E-state index in [4.69, 9.17) is 5.73 Å². The van der Waals surface area contributed by atoms with Crippen molar-refractivity contribution in [1.29, 1.82) is 0 Å². The second-order valence-electron chi connectivity index (χ2n) is 7.50. The predicted octanol–water partition coefficient (Wildman–Crippen LogP) is 3.43. The van der Waals surface area contributed by atoms with Gasteiger partial charge in [0.25, 0.3) is 0 Å². The van der Waals surface area contributed by atoms with Crippen molar-refractivity contribution in [3.63, 3.8) is 0 Å². The van der Waals surface area contributed by atoms with Crippen LogP contribution in [-0.2, 0) is 6.54 Å². The van der Waals surface area contributed by atoms with Crippen molar-refractivity contribution in [3.8, 4) is 0 Å². The summed E-state index contributed by atoms with van der Waals surface area (Å²) < 4.78 is 0. The van der Waals surface area contributed by atoms with Gasteiger partial charge >= 0.3 is 0 Å². The quantitative estimate of drug-likeness (QED) is 0.925. The van der Waals surface area contributed by atoms with Crippen molar-refractivity contribution in [1.82, 2.24) is 9.88 Å². The Bertz CT molecular complexity index is 454. The molecule has 2 unspecified atom stereocenters. The second-order valence-corrected chi connectivity index (χ2v) is 8.44. The van der Waals surface area contributed by atoms with Gasteiger partial charge in [-0.15, -0.1) is 11.3 Å². The number of aryl methyl sites for hydroxylation is 1. The summed E-state index contributed by atoms with van der Waals surface area (Å²) in [7, 11) is 2.24. The first kappa shape index (κ1) is 15.9. The van der Waals surface area contributed by atoms with Gasteiger partial charge in [-0.2, -0.15) is 0 Å². The maximum absolute atomic E-state index is 6.24. The molecule has 0 amide bonds. The van der Waals surface area contributed by atoms with Crippen molar-refractivity contribution in [2.24, 2.45) is 17.1 Å². The molecule has 0 spiro atoms. The molecule has 2 N–H and O–H groups in total. The molecule has 4 heteroatoms. The Hall–Kier alpha value is -0.450. The molecular weight excluding hydrogens is 266 g/mol. The Kier molecular flexibility index (Phi) is 4.57. The Balaban J connectivity index is 2.19. The average molecular weight is 295 g/mol. The first-order valence-corrected chi connectivity index (χ1v) is 8.46. The lowest BCUT2D eigenvalue weighted by Crippen LogP contribution is -2.57. The third-order valence-corrected chi connectivity index (χ3v) is 5.77. The summed E-state index contributed by atoms with van der Waals surface area (Å²) >= 11 is 1.76. The van der Waals surface area contributed by atoms with E-state index in [-0.39, 0.29) is 5.54 Å². The largest absolute Gasteiger partial charge is 0.329 e. The SMILES string of the molecule is Cc1ncsc1CN(C)C1(CN)CC(C)CC(C)(C)C1. The Labute approximate surface area is 127 Å². The van der Waals surface area contributed by atoms with Crippen molar-refractivity contribution >= 4 is 11.3 Å². The molecule has 1 aromatic heterocycles. The van der Waals surface area contributed by atoms with E-state index >= 15 is 0 Å². The van der Waals surface area contributed by atoms with Crippen LogP contribution in [0.5, 0.6) is 0 Å². The molecule has 0 aliphatic heterocycles. The van der Waals surface area contributed by atoms with Gasteiger partial charge < -0.3 is 5.73 Å². The molecule has 0 aromatic carbocycles. The van der Waals surface area contributed by atoms with Gasteiger partial charge in [0, 0.05) is 23.5 Å². The molecule has 1 aliphatic rings. The summed E-state index contributed by atoms with van der Waals surface area (Å²) in [6.45, 7) is 11.0. The van der Waals surface area contributed by atoms with E-state index in [1.807, 2.05) is 5.51 Å². The summed E-state index contributed by atoms with van der Waals surface area (Å²) in [4.78, 5) is 8.23. The maximum atomic E-state index is 6.24. The summed E-state index contributed by atoms with van der Waals surface area (Å²) in [5.74, 6) is 0.743. The van der Waals surface area contributed by atoms with Crippen molar-refractivity contribution in [2.75, 3.05) is 13.6 Å². The number of likely N-dealkylation sites (N-methyl/N-ethyl adjacent to an activating group) is 1. The van der Waals surface area contributed by atoms with Gasteiger partial charge in [0.15, 0.2) is 0 Å². The minimum absolute atomic E-state index is 0.137. The number of aromatic nitrogens is 1. The van der Waals surface area contributed by atoms with Crippen LogP contribution in [0, 0.1) is 18.3 Å². The van der Waals surface area contributed by atoms with Gasteiger partial charge in [0.05, 0.1) is 11.2 Å². The third kappa shape index (κ3) is 3.23. The van der Waals surface area contributed by atoms with Crippen LogP contribution in [0.15, 0.2) is 5.51 Å². The Morgan fingerprint density at radius 3 is 2.65 bits per heavy atom. The average Bonchev–Trinajstić information content (AvgIpc) is 2.72. The molecule has 1 heterocycles. The fourth-order valence-electron chi connectivity index (χ4n) is 4.16. The molecule has 20 heavy (non-hydrogen) atoms. The molecule has 1 fully saturated rings. The number of rotatable bonds is 4. The number of hydrogen-bond donors (Lipinski definition) is 1. The summed E-state index contributed by atoms with van der Waals surface area (Å²) in [5.41, 5.74) is 9.86. The highest BCUT2D eigenvalue weighted by molar-refractivity contribution is 7.09. The second kappa shape index (κ2) is 5.74. The number of thiazole rings is 1. The summed E-state index contributed by atoms with van der Waals surface area (Å²) in [6.07, 6.45) is 3.71. The van der Waals surface area contributed by atoms with Gasteiger partial charge in [-0.1, -0.05) is 20.8 Å². The highest BCUT2D eigenvalue weighted by Crippen LogP contribution is 2.46. The molecule has 2 rings (SSSR count). The van der Waals surface area contributed by atoms with Crippen molar-refractivity contribution in [3.05, 3.63) is 16.1 Å². The normalized spacial score (nSPS) is 29.9. The van der Waals surface area contributed by atoms with E-state index < -0.39 is 0 Å². The molecule has 1 saturated carbocycles. The van der Waals surface area contributed by atoms with Crippen LogP contribution in [0.25, 0.3) is 0 Å². The van der Waals surface area contributed by atoms with Crippen LogP contribution >= 0.6 is 11.3 Å². The first-order valence-electron chi connectivity index (χ1n) is 7.58. The van der Waals surface area contributed by atoms with Crippen LogP contribution in [0.4, 0.5) is 0 Å². The molecular formula is C16H29N3S. The highest BCUT2D eigenvalue weighted by atomic mass is 32.1. The van der Waals surface area contributed by atoms with Crippen LogP contribution in [-0.4, -0.2) is 29.0 Å². The zero-order valence-electron chi connectivity index (χ0n) is 13.6. The maximum Gasteiger partial charge on any atom is 0.0798 e. The van der Waals surface area contributed by atoms with Gasteiger partial charge in [-0.05, 0) is 44.6 Å². The van der Waals surface area contributed by atoms with E-state index in [1.54, 1.807) is 11.3 Å². The topological polar surface area (TPSA) is 42.2 Å². The first-order chi connectivity index (χ1) is 9.28. The minimum Gasteiger partial charge on any atom is -0.329 e. The third-order valence-electron chi connectivity index (χ3n) is 4.85. The molecule has 0 saturated heterocycles. The van der Waals surface area contributed by atoms with Gasteiger partial charge in [-0.3, -0.25) is 4.90 Å². The van der Waals surface area contributed by atoms with Gasteiger partial charge in [-0.25, -0.2) is 4.98 Å². The molecule has 1 aromatic rings. The van der Waals surface area contributed by atoms with Gasteiger partial charge in [0.2, 0.25) is 0 Å². The van der Waals surface area contributed by atoms with E-state index in [2.05, 4.69) is 44.6 Å². The monoisotopic (exact) mass is 295 g/mol. The standard InChI is InChI=1S/C16H29N3S/c1-12-6-15(3,4)9-16(7-12,10-17)19(5)8-14-13(2)18-11-20-14/h11-12H,6-10,17H2,1-5H3. The molecule has 3 nitrogen and oxygen atoms in total. The molecule has 0 bridgehead atoms. The lowest BCUT2D eigenvalue weighted by atomic mass is 9.63. The summed E-state index contributed by atoms with van der Waals surface area (Å²) in [6, 6.07) is 0. The zero-order chi connectivity index (χ0) is 15.0. The molecule has 114 valence electrons. The number of nitrogens with two attached hydrogens (primary N) is 1.